The maximum absolute atomic E-state index is 14.0. The van der Waals surface area contributed by atoms with Crippen molar-refractivity contribution in [1.29, 1.82) is 5.41 Å². The summed E-state index contributed by atoms with van der Waals surface area (Å²) in [6.07, 6.45) is 2.47. The highest BCUT2D eigenvalue weighted by Gasteiger charge is 2.16. The van der Waals surface area contributed by atoms with Crippen molar-refractivity contribution in [2.24, 2.45) is 0 Å². The molecule has 2 rings (SSSR count). The first-order valence-electron chi connectivity index (χ1n) is 6.68. The van der Waals surface area contributed by atoms with Gasteiger partial charge < -0.3 is 20.9 Å². The monoisotopic (exact) mass is 277 g/mol. The van der Waals surface area contributed by atoms with Crippen LogP contribution in [0, 0.1) is 11.2 Å². The van der Waals surface area contributed by atoms with Gasteiger partial charge in [-0.3, -0.25) is 0 Å². The van der Waals surface area contributed by atoms with Gasteiger partial charge in [-0.15, -0.1) is 0 Å². The van der Waals surface area contributed by atoms with Gasteiger partial charge in [0, 0.05) is 50.7 Å². The number of halogens is 1. The highest BCUT2D eigenvalue weighted by atomic mass is 19.1. The first-order chi connectivity index (χ1) is 9.67. The average molecular weight is 277 g/mol. The van der Waals surface area contributed by atoms with Crippen LogP contribution in [-0.4, -0.2) is 44.4 Å². The van der Waals surface area contributed by atoms with E-state index < -0.39 is 0 Å². The fourth-order valence-corrected chi connectivity index (χ4v) is 2.30. The molecular formula is C14H20FN5. The molecule has 0 unspecified atom stereocenters. The van der Waals surface area contributed by atoms with Crippen LogP contribution in [0.2, 0.25) is 0 Å². The van der Waals surface area contributed by atoms with E-state index in [4.69, 9.17) is 5.41 Å². The van der Waals surface area contributed by atoms with Crippen LogP contribution in [0.3, 0.4) is 0 Å². The summed E-state index contributed by atoms with van der Waals surface area (Å²) in [7, 11) is 1.73. The lowest BCUT2D eigenvalue weighted by Crippen LogP contribution is -2.43. The van der Waals surface area contributed by atoms with Crippen LogP contribution in [-0.2, 0) is 0 Å². The molecule has 0 atom stereocenters. The molecule has 1 saturated heterocycles. The van der Waals surface area contributed by atoms with E-state index in [1.807, 2.05) is 0 Å². The summed E-state index contributed by atoms with van der Waals surface area (Å²) in [4.78, 5) is 6.31. The van der Waals surface area contributed by atoms with Gasteiger partial charge in [0.25, 0.3) is 0 Å². The number of hydrogen-bond donors (Lipinski definition) is 3. The summed E-state index contributed by atoms with van der Waals surface area (Å²) in [5.74, 6) is 0.392. The Morgan fingerprint density at radius 1 is 1.50 bits per heavy atom. The highest BCUT2D eigenvalue weighted by molar-refractivity contribution is 5.88. The van der Waals surface area contributed by atoms with E-state index in [0.29, 0.717) is 16.8 Å². The lowest BCUT2D eigenvalue weighted by atomic mass is 10.1. The van der Waals surface area contributed by atoms with Gasteiger partial charge in [-0.2, -0.15) is 0 Å². The Kier molecular flexibility index (Phi) is 4.68. The number of nitrogens with zero attached hydrogens (tertiary/aromatic N) is 2. The summed E-state index contributed by atoms with van der Waals surface area (Å²) in [5.41, 5.74) is 1.76. The number of allylic oxidation sites excluding steroid dienone is 1. The molecule has 1 fully saturated rings. The Labute approximate surface area is 118 Å². The molecule has 2 heterocycles. The van der Waals surface area contributed by atoms with E-state index in [9.17, 15) is 4.39 Å². The topological polar surface area (TPSA) is 64.0 Å². The third-order valence-electron chi connectivity index (χ3n) is 3.41. The van der Waals surface area contributed by atoms with Crippen molar-refractivity contribution in [1.82, 2.24) is 15.6 Å². The second-order valence-electron chi connectivity index (χ2n) is 4.71. The van der Waals surface area contributed by atoms with Gasteiger partial charge in [0.2, 0.25) is 0 Å². The first-order valence-corrected chi connectivity index (χ1v) is 6.68. The standard InChI is InChI=1S/C14H20FN5/c1-10(8-16)14(17-2)11-7-13(19-9-12(11)15)20-5-3-18-4-6-20/h7-9,16-18H,3-6H2,1-2H3/b14-10-,16-8?. The van der Waals surface area contributed by atoms with Gasteiger partial charge in [0.05, 0.1) is 6.20 Å². The normalized spacial score (nSPS) is 16.6. The molecule has 1 aromatic rings. The number of pyridine rings is 1. The zero-order valence-electron chi connectivity index (χ0n) is 11.8. The Balaban J connectivity index is 2.40. The number of piperazine rings is 1. The molecule has 6 heteroatoms. The molecule has 1 aliphatic rings. The number of aromatic nitrogens is 1. The molecule has 0 aromatic carbocycles. The maximum atomic E-state index is 14.0. The molecular weight excluding hydrogens is 257 g/mol. The molecule has 5 nitrogen and oxygen atoms in total. The Hall–Kier alpha value is -1.95. The summed E-state index contributed by atoms with van der Waals surface area (Å²) >= 11 is 0. The zero-order valence-corrected chi connectivity index (χ0v) is 11.8. The van der Waals surface area contributed by atoms with Crippen LogP contribution in [0.4, 0.5) is 10.2 Å². The summed E-state index contributed by atoms with van der Waals surface area (Å²) in [6, 6.07) is 1.75. The van der Waals surface area contributed by atoms with Gasteiger partial charge in [-0.05, 0) is 18.6 Å². The van der Waals surface area contributed by atoms with Crippen molar-refractivity contribution < 1.29 is 4.39 Å². The number of anilines is 1. The summed E-state index contributed by atoms with van der Waals surface area (Å²) in [5, 5.41) is 13.6. The fourth-order valence-electron chi connectivity index (χ4n) is 2.30. The Bertz CT molecular complexity index is 520. The second-order valence-corrected chi connectivity index (χ2v) is 4.71. The van der Waals surface area contributed by atoms with Crippen molar-refractivity contribution in [2.45, 2.75) is 6.92 Å². The van der Waals surface area contributed by atoms with Gasteiger partial charge in [-0.25, -0.2) is 9.37 Å². The smallest absolute Gasteiger partial charge is 0.150 e. The zero-order chi connectivity index (χ0) is 14.5. The lowest BCUT2D eigenvalue weighted by Gasteiger charge is -2.28. The minimum Gasteiger partial charge on any atom is -0.387 e. The van der Waals surface area contributed by atoms with Crippen LogP contribution < -0.4 is 15.5 Å². The molecule has 0 saturated carbocycles. The Morgan fingerprint density at radius 3 is 2.80 bits per heavy atom. The first kappa shape index (κ1) is 14.5. The van der Waals surface area contributed by atoms with Gasteiger partial charge >= 0.3 is 0 Å². The fraction of sp³-hybridized carbons (Fsp3) is 0.429. The number of hydrogen-bond acceptors (Lipinski definition) is 5. The number of nitrogens with one attached hydrogen (secondary N) is 3. The molecule has 3 N–H and O–H groups in total. The minimum absolute atomic E-state index is 0.380. The maximum Gasteiger partial charge on any atom is 0.150 e. The van der Waals surface area contributed by atoms with Gasteiger partial charge in [-0.1, -0.05) is 0 Å². The van der Waals surface area contributed by atoms with Gasteiger partial charge in [0.1, 0.15) is 5.82 Å². The lowest BCUT2D eigenvalue weighted by molar-refractivity contribution is 0.580. The third kappa shape index (κ3) is 2.96. The van der Waals surface area contributed by atoms with E-state index in [-0.39, 0.29) is 5.82 Å². The largest absolute Gasteiger partial charge is 0.387 e. The second kappa shape index (κ2) is 6.47. The summed E-state index contributed by atoms with van der Waals surface area (Å²) < 4.78 is 14.0. The van der Waals surface area contributed by atoms with Crippen molar-refractivity contribution in [3.8, 4) is 0 Å². The van der Waals surface area contributed by atoms with E-state index in [2.05, 4.69) is 20.5 Å². The third-order valence-corrected chi connectivity index (χ3v) is 3.41. The van der Waals surface area contributed by atoms with Crippen LogP contribution in [0.5, 0.6) is 0 Å². The van der Waals surface area contributed by atoms with Gasteiger partial charge in [0.15, 0.2) is 5.82 Å². The van der Waals surface area contributed by atoms with Crippen molar-refractivity contribution in [3.05, 3.63) is 29.2 Å². The van der Waals surface area contributed by atoms with Crippen molar-refractivity contribution >= 4 is 17.7 Å². The van der Waals surface area contributed by atoms with Crippen molar-refractivity contribution in [3.63, 3.8) is 0 Å². The highest BCUT2D eigenvalue weighted by Crippen LogP contribution is 2.23. The molecule has 108 valence electrons. The molecule has 1 aromatic heterocycles. The molecule has 20 heavy (non-hydrogen) atoms. The molecule has 0 amide bonds. The molecule has 0 spiro atoms. The molecule has 0 aliphatic carbocycles. The van der Waals surface area contributed by atoms with Crippen LogP contribution in [0.15, 0.2) is 17.8 Å². The van der Waals surface area contributed by atoms with Crippen LogP contribution in [0.1, 0.15) is 12.5 Å². The molecule has 1 aliphatic heterocycles. The SMILES string of the molecule is CN/C(=C(/C)C=N)c1cc(N2CCNCC2)ncc1F. The van der Waals surface area contributed by atoms with Crippen LogP contribution in [0.25, 0.3) is 5.70 Å². The van der Waals surface area contributed by atoms with E-state index in [0.717, 1.165) is 32.0 Å². The van der Waals surface area contributed by atoms with Crippen molar-refractivity contribution in [2.75, 3.05) is 38.1 Å². The predicted molar refractivity (Wildman–Crippen MR) is 79.7 cm³/mol. The van der Waals surface area contributed by atoms with Crippen LogP contribution >= 0.6 is 0 Å². The average Bonchev–Trinajstić information content (AvgIpc) is 2.50. The number of rotatable bonds is 4. The summed E-state index contributed by atoms with van der Waals surface area (Å²) in [6.45, 7) is 5.31. The Morgan fingerprint density at radius 2 is 2.20 bits per heavy atom. The van der Waals surface area contributed by atoms with E-state index >= 15 is 0 Å². The minimum atomic E-state index is -0.380. The quantitative estimate of drug-likeness (QED) is 0.724. The predicted octanol–water partition coefficient (Wildman–Crippen LogP) is 1.23. The molecule has 0 bridgehead atoms. The van der Waals surface area contributed by atoms with E-state index in [1.165, 1.54) is 12.4 Å². The molecule has 0 radical (unpaired) electrons. The van der Waals surface area contributed by atoms with E-state index in [1.54, 1.807) is 20.0 Å².